The van der Waals surface area contributed by atoms with Gasteiger partial charge in [0, 0.05) is 10.6 Å². The Morgan fingerprint density at radius 2 is 1.63 bits per heavy atom. The van der Waals surface area contributed by atoms with Gasteiger partial charge in [0.1, 0.15) is 0 Å². The molecule has 0 heterocycles. The molecule has 0 N–H and O–H groups in total. The molecule has 0 saturated carbocycles. The van der Waals surface area contributed by atoms with Crippen molar-refractivity contribution in [3.63, 3.8) is 0 Å². The van der Waals surface area contributed by atoms with Gasteiger partial charge in [-0.15, -0.1) is 0 Å². The zero-order chi connectivity index (χ0) is 14.3. The monoisotopic (exact) mass is 284 g/mol. The quantitative estimate of drug-likeness (QED) is 0.590. The van der Waals surface area contributed by atoms with Crippen LogP contribution in [0.5, 0.6) is 0 Å². The Bertz CT molecular complexity index is 466. The van der Waals surface area contributed by atoms with Crippen LogP contribution >= 0.6 is 11.6 Å². The number of carbonyl (C=O) groups is 3. The molecule has 6 heteroatoms. The third-order valence-electron chi connectivity index (χ3n) is 2.29. The van der Waals surface area contributed by atoms with Crippen molar-refractivity contribution in [2.75, 3.05) is 13.7 Å². The van der Waals surface area contributed by atoms with Crippen LogP contribution in [0.2, 0.25) is 5.02 Å². The van der Waals surface area contributed by atoms with E-state index >= 15 is 0 Å². The van der Waals surface area contributed by atoms with E-state index in [1.54, 1.807) is 24.3 Å². The van der Waals surface area contributed by atoms with Crippen LogP contribution in [0.4, 0.5) is 0 Å². The summed E-state index contributed by atoms with van der Waals surface area (Å²) in [4.78, 5) is 33.7. The van der Waals surface area contributed by atoms with E-state index in [4.69, 9.17) is 16.3 Å². The van der Waals surface area contributed by atoms with Gasteiger partial charge in [-0.2, -0.15) is 0 Å². The third-order valence-corrected chi connectivity index (χ3v) is 2.54. The van der Waals surface area contributed by atoms with Crippen LogP contribution in [0.1, 0.15) is 23.2 Å². The molecule has 0 aliphatic rings. The fourth-order valence-corrected chi connectivity index (χ4v) is 1.37. The summed E-state index contributed by atoms with van der Waals surface area (Å²) in [6.07, 6.45) is -0.176. The molecule has 0 fully saturated rings. The van der Waals surface area contributed by atoms with Crippen molar-refractivity contribution in [1.82, 2.24) is 0 Å². The first-order valence-electron chi connectivity index (χ1n) is 5.54. The van der Waals surface area contributed by atoms with Gasteiger partial charge in [0.25, 0.3) is 0 Å². The molecule has 19 heavy (non-hydrogen) atoms. The van der Waals surface area contributed by atoms with Crippen molar-refractivity contribution in [1.29, 1.82) is 0 Å². The lowest BCUT2D eigenvalue weighted by atomic mass is 10.1. The van der Waals surface area contributed by atoms with Crippen molar-refractivity contribution in [2.24, 2.45) is 0 Å². The van der Waals surface area contributed by atoms with E-state index in [0.29, 0.717) is 10.6 Å². The van der Waals surface area contributed by atoms with Gasteiger partial charge in [-0.25, -0.2) is 0 Å². The number of halogens is 1. The Labute approximate surface area is 115 Å². The zero-order valence-electron chi connectivity index (χ0n) is 10.3. The lowest BCUT2D eigenvalue weighted by molar-refractivity contribution is -0.148. The Hall–Kier alpha value is -1.88. The van der Waals surface area contributed by atoms with E-state index in [1.165, 1.54) is 7.11 Å². The predicted octanol–water partition coefficient (Wildman–Crippen LogP) is 2.02. The molecule has 0 aromatic heterocycles. The lowest BCUT2D eigenvalue weighted by Gasteiger charge is -2.04. The Morgan fingerprint density at radius 1 is 1.05 bits per heavy atom. The fourth-order valence-electron chi connectivity index (χ4n) is 1.24. The lowest BCUT2D eigenvalue weighted by Crippen LogP contribution is -2.15. The first-order valence-corrected chi connectivity index (χ1v) is 5.92. The minimum Gasteiger partial charge on any atom is -0.469 e. The standard InChI is InChI=1S/C13H13ClO5/c1-18-12(16)6-7-13(17)19-8-11(15)9-2-4-10(14)5-3-9/h2-5H,6-8H2,1H3. The van der Waals surface area contributed by atoms with Crippen molar-refractivity contribution in [3.05, 3.63) is 34.9 Å². The number of carbonyl (C=O) groups excluding carboxylic acids is 3. The average Bonchev–Trinajstić information content (AvgIpc) is 2.42. The Balaban J connectivity index is 2.36. The van der Waals surface area contributed by atoms with Gasteiger partial charge in [-0.05, 0) is 24.3 Å². The number of ketones is 1. The molecule has 0 saturated heterocycles. The molecule has 1 rings (SSSR count). The second-order valence-corrected chi connectivity index (χ2v) is 4.10. The maximum Gasteiger partial charge on any atom is 0.306 e. The molecule has 1 aromatic rings. The average molecular weight is 285 g/mol. The summed E-state index contributed by atoms with van der Waals surface area (Å²) >= 11 is 5.69. The number of ether oxygens (including phenoxy) is 2. The molecule has 0 bridgehead atoms. The summed E-state index contributed by atoms with van der Waals surface area (Å²) in [7, 11) is 1.23. The van der Waals surface area contributed by atoms with E-state index in [1.807, 2.05) is 0 Å². The third kappa shape index (κ3) is 5.52. The maximum absolute atomic E-state index is 11.6. The molecule has 5 nitrogen and oxygen atoms in total. The Morgan fingerprint density at radius 3 is 2.21 bits per heavy atom. The highest BCUT2D eigenvalue weighted by Gasteiger charge is 2.11. The van der Waals surface area contributed by atoms with Gasteiger partial charge in [0.05, 0.1) is 20.0 Å². The molecular weight excluding hydrogens is 272 g/mol. The number of hydrogen-bond donors (Lipinski definition) is 0. The number of hydrogen-bond acceptors (Lipinski definition) is 5. The summed E-state index contributed by atoms with van der Waals surface area (Å²) in [6, 6.07) is 6.25. The highest BCUT2D eigenvalue weighted by atomic mass is 35.5. The summed E-state index contributed by atoms with van der Waals surface area (Å²) in [5.74, 6) is -1.45. The van der Waals surface area contributed by atoms with Crippen LogP contribution in [-0.4, -0.2) is 31.4 Å². The SMILES string of the molecule is COC(=O)CCC(=O)OCC(=O)c1ccc(Cl)cc1. The van der Waals surface area contributed by atoms with Crippen LogP contribution in [0.3, 0.4) is 0 Å². The number of Topliss-reactive ketones (excluding diaryl/α,β-unsaturated/α-hetero) is 1. The normalized spacial score (nSPS) is 9.79. The van der Waals surface area contributed by atoms with Crippen molar-refractivity contribution >= 4 is 29.3 Å². The molecule has 0 atom stereocenters. The number of benzene rings is 1. The van der Waals surface area contributed by atoms with Gasteiger partial charge in [0.2, 0.25) is 0 Å². The molecule has 102 valence electrons. The largest absolute Gasteiger partial charge is 0.469 e. The second kappa shape index (κ2) is 7.53. The topological polar surface area (TPSA) is 69.7 Å². The smallest absolute Gasteiger partial charge is 0.306 e. The van der Waals surface area contributed by atoms with E-state index < -0.39 is 11.9 Å². The van der Waals surface area contributed by atoms with Crippen LogP contribution in [0.15, 0.2) is 24.3 Å². The highest BCUT2D eigenvalue weighted by molar-refractivity contribution is 6.30. The van der Waals surface area contributed by atoms with Crippen LogP contribution < -0.4 is 0 Å². The molecule has 0 aliphatic heterocycles. The molecule has 0 amide bonds. The first-order chi connectivity index (χ1) is 9.02. The van der Waals surface area contributed by atoms with Gasteiger partial charge in [-0.3, -0.25) is 14.4 Å². The van der Waals surface area contributed by atoms with Crippen LogP contribution in [0, 0.1) is 0 Å². The highest BCUT2D eigenvalue weighted by Crippen LogP contribution is 2.10. The van der Waals surface area contributed by atoms with Crippen molar-refractivity contribution in [2.45, 2.75) is 12.8 Å². The number of methoxy groups -OCH3 is 1. The minimum absolute atomic E-state index is 0.0650. The van der Waals surface area contributed by atoms with Gasteiger partial charge >= 0.3 is 11.9 Å². The summed E-state index contributed by atoms with van der Waals surface area (Å²) in [6.45, 7) is -0.359. The second-order valence-electron chi connectivity index (χ2n) is 3.67. The fraction of sp³-hybridized carbons (Fsp3) is 0.308. The Kier molecular flexibility index (Phi) is 6.02. The minimum atomic E-state index is -0.618. The van der Waals surface area contributed by atoms with Crippen LogP contribution in [0.25, 0.3) is 0 Å². The zero-order valence-corrected chi connectivity index (χ0v) is 11.1. The van der Waals surface area contributed by atoms with Crippen molar-refractivity contribution in [3.8, 4) is 0 Å². The molecule has 1 aromatic carbocycles. The molecule has 0 radical (unpaired) electrons. The number of esters is 2. The molecule has 0 spiro atoms. The maximum atomic E-state index is 11.6. The van der Waals surface area contributed by atoms with Crippen molar-refractivity contribution < 1.29 is 23.9 Å². The summed E-state index contributed by atoms with van der Waals surface area (Å²) in [5, 5.41) is 0.520. The van der Waals surface area contributed by atoms with E-state index in [0.717, 1.165) is 0 Å². The van der Waals surface area contributed by atoms with E-state index in [9.17, 15) is 14.4 Å². The van der Waals surface area contributed by atoms with Gasteiger partial charge in [0.15, 0.2) is 12.4 Å². The number of rotatable bonds is 6. The van der Waals surface area contributed by atoms with E-state index in [-0.39, 0.29) is 25.2 Å². The van der Waals surface area contributed by atoms with Gasteiger partial charge in [-0.1, -0.05) is 11.6 Å². The summed E-state index contributed by atoms with van der Waals surface area (Å²) in [5.41, 5.74) is 0.408. The molecular formula is C13H13ClO5. The molecule has 0 unspecified atom stereocenters. The van der Waals surface area contributed by atoms with Gasteiger partial charge < -0.3 is 9.47 Å². The molecule has 0 aliphatic carbocycles. The predicted molar refractivity (Wildman–Crippen MR) is 68.0 cm³/mol. The summed E-state index contributed by atoms with van der Waals surface area (Å²) < 4.78 is 9.13. The first kappa shape index (κ1) is 15.2. The van der Waals surface area contributed by atoms with E-state index in [2.05, 4.69) is 4.74 Å². The van der Waals surface area contributed by atoms with Crippen LogP contribution in [-0.2, 0) is 19.1 Å².